The molecule has 1 aromatic heterocycles. The summed E-state index contributed by atoms with van der Waals surface area (Å²) in [5.41, 5.74) is 5.65. The van der Waals surface area contributed by atoms with Crippen LogP contribution in [0.2, 0.25) is 0 Å². The second-order valence-electron chi connectivity index (χ2n) is 4.82. The van der Waals surface area contributed by atoms with Gasteiger partial charge in [0.1, 0.15) is 0 Å². The number of nitrogens with zero attached hydrogens (tertiary/aromatic N) is 2. The number of aromatic nitrogens is 2. The van der Waals surface area contributed by atoms with Gasteiger partial charge in [-0.15, -0.1) is 0 Å². The Kier molecular flexibility index (Phi) is 6.89. The van der Waals surface area contributed by atoms with Gasteiger partial charge in [0.05, 0.1) is 11.9 Å². The molecule has 0 atom stereocenters. The molecule has 0 bridgehead atoms. The van der Waals surface area contributed by atoms with Crippen LogP contribution in [-0.4, -0.2) is 44.5 Å². The van der Waals surface area contributed by atoms with Crippen molar-refractivity contribution < 1.29 is 9.90 Å². The molecule has 1 amide bonds. The van der Waals surface area contributed by atoms with Crippen molar-refractivity contribution >= 4 is 35.0 Å². The molecule has 0 fully saturated rings. The minimum atomic E-state index is -0.574. The van der Waals surface area contributed by atoms with Crippen LogP contribution in [0, 0.1) is 0 Å². The fourth-order valence-electron chi connectivity index (χ4n) is 1.87. The van der Waals surface area contributed by atoms with Gasteiger partial charge in [-0.2, -0.15) is 16.9 Å². The smallest absolute Gasteiger partial charge is 0.294 e. The van der Waals surface area contributed by atoms with Crippen LogP contribution in [-0.2, 0) is 0 Å². The molecular formula is C15H19N5O2S2. The number of carbonyl (C=O) groups excluding carboxylic acids is 1. The zero-order chi connectivity index (χ0) is 17.4. The van der Waals surface area contributed by atoms with E-state index in [1.165, 1.54) is 10.9 Å². The fourth-order valence-corrected chi connectivity index (χ4v) is 2.46. The van der Waals surface area contributed by atoms with E-state index in [1.54, 1.807) is 11.8 Å². The minimum absolute atomic E-state index is 0.0865. The summed E-state index contributed by atoms with van der Waals surface area (Å²) in [7, 11) is 0. The summed E-state index contributed by atoms with van der Waals surface area (Å²) in [5.74, 6) is 0.250. The zero-order valence-electron chi connectivity index (χ0n) is 13.2. The van der Waals surface area contributed by atoms with E-state index in [2.05, 4.69) is 21.3 Å². The molecule has 7 nitrogen and oxygen atoms in total. The van der Waals surface area contributed by atoms with E-state index in [0.717, 1.165) is 24.4 Å². The van der Waals surface area contributed by atoms with Crippen LogP contribution >= 0.6 is 24.0 Å². The van der Waals surface area contributed by atoms with Crippen LogP contribution in [0.1, 0.15) is 16.9 Å². The van der Waals surface area contributed by atoms with Gasteiger partial charge in [-0.05, 0) is 42.8 Å². The number of nitrogens with one attached hydrogen (secondary N) is 3. The Hall–Kier alpha value is -2.26. The number of amides is 1. The zero-order valence-corrected chi connectivity index (χ0v) is 14.8. The Morgan fingerprint density at radius 3 is 2.79 bits per heavy atom. The first kappa shape index (κ1) is 18.1. The van der Waals surface area contributed by atoms with Crippen molar-refractivity contribution in [2.75, 3.05) is 18.6 Å². The molecule has 2 rings (SSSR count). The summed E-state index contributed by atoms with van der Waals surface area (Å²) in [6.45, 7) is 0.719. The lowest BCUT2D eigenvalue weighted by Gasteiger charge is -2.10. The highest BCUT2D eigenvalue weighted by Crippen LogP contribution is 2.17. The maximum absolute atomic E-state index is 12.1. The third-order valence-corrected chi connectivity index (χ3v) is 3.97. The van der Waals surface area contributed by atoms with E-state index in [1.807, 2.05) is 36.6 Å². The lowest BCUT2D eigenvalue weighted by molar-refractivity contribution is 0.0935. The normalized spacial score (nSPS) is 10.2. The van der Waals surface area contributed by atoms with Crippen molar-refractivity contribution in [3.63, 3.8) is 0 Å². The number of thiocarbonyl (C=S) groups is 1. The predicted octanol–water partition coefficient (Wildman–Crippen LogP) is 1.44. The summed E-state index contributed by atoms with van der Waals surface area (Å²) < 4.78 is 1.43. The highest BCUT2D eigenvalue weighted by molar-refractivity contribution is 7.98. The largest absolute Gasteiger partial charge is 0.504 e. The summed E-state index contributed by atoms with van der Waals surface area (Å²) in [6, 6.07) is 9.20. The van der Waals surface area contributed by atoms with E-state index in [4.69, 9.17) is 12.2 Å². The summed E-state index contributed by atoms with van der Waals surface area (Å²) >= 11 is 6.81. The molecule has 0 saturated carbocycles. The van der Waals surface area contributed by atoms with Crippen molar-refractivity contribution in [3.8, 4) is 11.4 Å². The average molecular weight is 365 g/mol. The van der Waals surface area contributed by atoms with Gasteiger partial charge in [-0.1, -0.05) is 18.2 Å². The standard InChI is InChI=1S/C15H19N5O2S2/c1-24-9-5-8-16-15(23)18-17-14(22)13-12(21)10-20(19-13)11-6-3-2-4-7-11/h2-4,6-7,10,21H,5,8-9H2,1H3,(H,17,22)(H2,16,18,23). The highest BCUT2D eigenvalue weighted by Gasteiger charge is 2.17. The van der Waals surface area contributed by atoms with Crippen molar-refractivity contribution in [2.24, 2.45) is 0 Å². The number of hydrogen-bond donors (Lipinski definition) is 4. The fraction of sp³-hybridized carbons (Fsp3) is 0.267. The second-order valence-corrected chi connectivity index (χ2v) is 6.22. The lowest BCUT2D eigenvalue weighted by atomic mass is 10.3. The van der Waals surface area contributed by atoms with Crippen LogP contribution in [0.3, 0.4) is 0 Å². The summed E-state index contributed by atoms with van der Waals surface area (Å²) in [5, 5.41) is 17.3. The molecule has 0 aliphatic carbocycles. The SMILES string of the molecule is CSCCCNC(=S)NNC(=O)c1nn(-c2ccccc2)cc1O. The van der Waals surface area contributed by atoms with Gasteiger partial charge in [0, 0.05) is 6.54 Å². The first-order valence-electron chi connectivity index (χ1n) is 7.29. The molecular weight excluding hydrogens is 346 g/mol. The molecule has 1 heterocycles. The van der Waals surface area contributed by atoms with Gasteiger partial charge in [-0.3, -0.25) is 15.6 Å². The summed E-state index contributed by atoms with van der Waals surface area (Å²) in [4.78, 5) is 12.1. The molecule has 0 aliphatic heterocycles. The Labute approximate surface area is 149 Å². The molecule has 9 heteroatoms. The van der Waals surface area contributed by atoms with E-state index in [-0.39, 0.29) is 11.4 Å². The van der Waals surface area contributed by atoms with Crippen molar-refractivity contribution in [1.82, 2.24) is 25.9 Å². The van der Waals surface area contributed by atoms with E-state index in [0.29, 0.717) is 5.11 Å². The number of para-hydroxylation sites is 1. The van der Waals surface area contributed by atoms with Gasteiger partial charge in [-0.25, -0.2) is 4.68 Å². The highest BCUT2D eigenvalue weighted by atomic mass is 32.2. The number of aromatic hydroxyl groups is 1. The van der Waals surface area contributed by atoms with Crippen LogP contribution < -0.4 is 16.2 Å². The van der Waals surface area contributed by atoms with E-state index >= 15 is 0 Å². The minimum Gasteiger partial charge on any atom is -0.504 e. The topological polar surface area (TPSA) is 91.2 Å². The molecule has 0 aliphatic rings. The maximum atomic E-state index is 12.1. The quantitative estimate of drug-likeness (QED) is 0.350. The lowest BCUT2D eigenvalue weighted by Crippen LogP contribution is -2.47. The third kappa shape index (κ3) is 5.14. The van der Waals surface area contributed by atoms with Gasteiger partial charge in [0.25, 0.3) is 5.91 Å². The number of benzene rings is 1. The van der Waals surface area contributed by atoms with Crippen LogP contribution in [0.25, 0.3) is 5.69 Å². The molecule has 0 radical (unpaired) electrons. The first-order chi connectivity index (χ1) is 11.6. The van der Waals surface area contributed by atoms with E-state index in [9.17, 15) is 9.90 Å². The Balaban J connectivity index is 1.89. The molecule has 4 N–H and O–H groups in total. The van der Waals surface area contributed by atoms with Crippen molar-refractivity contribution in [1.29, 1.82) is 0 Å². The molecule has 0 spiro atoms. The third-order valence-electron chi connectivity index (χ3n) is 3.03. The van der Waals surface area contributed by atoms with Crippen LogP contribution in [0.4, 0.5) is 0 Å². The Bertz CT molecular complexity index is 690. The second kappa shape index (κ2) is 9.14. The number of hydrogen-bond acceptors (Lipinski definition) is 5. The van der Waals surface area contributed by atoms with Crippen LogP contribution in [0.15, 0.2) is 36.5 Å². The Morgan fingerprint density at radius 2 is 2.08 bits per heavy atom. The van der Waals surface area contributed by atoms with Crippen molar-refractivity contribution in [2.45, 2.75) is 6.42 Å². The van der Waals surface area contributed by atoms with Gasteiger partial charge in [0.2, 0.25) is 0 Å². The number of thioether (sulfide) groups is 1. The monoisotopic (exact) mass is 365 g/mol. The van der Waals surface area contributed by atoms with Crippen LogP contribution in [0.5, 0.6) is 5.75 Å². The number of hydrazine groups is 1. The number of carbonyl (C=O) groups is 1. The average Bonchev–Trinajstić information content (AvgIpc) is 2.99. The molecule has 24 heavy (non-hydrogen) atoms. The summed E-state index contributed by atoms with van der Waals surface area (Å²) in [6.07, 6.45) is 4.39. The molecule has 1 aromatic carbocycles. The molecule has 0 unspecified atom stereocenters. The van der Waals surface area contributed by atoms with Gasteiger partial charge >= 0.3 is 0 Å². The predicted molar refractivity (Wildman–Crippen MR) is 99.4 cm³/mol. The Morgan fingerprint density at radius 1 is 1.33 bits per heavy atom. The van der Waals surface area contributed by atoms with Gasteiger partial charge in [0.15, 0.2) is 16.6 Å². The maximum Gasteiger partial charge on any atom is 0.294 e. The first-order valence-corrected chi connectivity index (χ1v) is 9.09. The molecule has 2 aromatic rings. The number of rotatable bonds is 6. The van der Waals surface area contributed by atoms with Crippen molar-refractivity contribution in [3.05, 3.63) is 42.2 Å². The molecule has 0 saturated heterocycles. The van der Waals surface area contributed by atoms with E-state index < -0.39 is 5.91 Å². The molecule has 128 valence electrons. The van der Waals surface area contributed by atoms with Gasteiger partial charge < -0.3 is 10.4 Å².